The highest BCUT2D eigenvalue weighted by molar-refractivity contribution is 6.34. The van der Waals surface area contributed by atoms with Crippen LogP contribution in [0.15, 0.2) is 60.9 Å². The predicted octanol–water partition coefficient (Wildman–Crippen LogP) is 7.48. The van der Waals surface area contributed by atoms with Crippen molar-refractivity contribution < 1.29 is 23.9 Å². The molecule has 1 aliphatic carbocycles. The van der Waals surface area contributed by atoms with E-state index in [4.69, 9.17) is 21.3 Å². The number of aromatic amines is 1. The van der Waals surface area contributed by atoms with Crippen LogP contribution in [0.3, 0.4) is 0 Å². The number of H-pyrrole nitrogens is 1. The Balaban J connectivity index is 0.971. The van der Waals surface area contributed by atoms with Crippen LogP contribution in [0.2, 0.25) is 5.02 Å². The summed E-state index contributed by atoms with van der Waals surface area (Å²) in [6.45, 7) is 14.7. The van der Waals surface area contributed by atoms with Gasteiger partial charge in [0, 0.05) is 56.1 Å². The fraction of sp³-hybridized carbons (Fsp3) is 0.455. The molecule has 0 bridgehead atoms. The Morgan fingerprint density at radius 1 is 1.02 bits per heavy atom. The molecule has 1 saturated carbocycles. The van der Waals surface area contributed by atoms with Crippen LogP contribution in [0.4, 0.5) is 16.3 Å². The standard InChI is InChI=1S/C44H53ClN8O5/c1-25(2)38(50-43(57)58-7)42(56)53-16-8-9-36(53)39-47-23-35(48-39)29-12-10-28(11-13-29)31-20-33(45)34(19-26(31)3)49-40(54)30-14-15-37(46-22-30)52-18-17-51(24-27(52)4)41(55)32-21-44(32,5)6/h10-15,19-20,22-23,25,27,32,36,38H,8-9,16-18,21,24H2,1-7H3,(H,47,48)(H,49,54)(H,50,57)/t27-,32-,36+,38+/m1/s1. The lowest BCUT2D eigenvalue weighted by atomic mass is 9.98. The zero-order valence-corrected chi connectivity index (χ0v) is 35.0. The molecule has 2 aliphatic heterocycles. The lowest BCUT2D eigenvalue weighted by Gasteiger charge is -2.40. The van der Waals surface area contributed by atoms with E-state index in [0.29, 0.717) is 48.3 Å². The Morgan fingerprint density at radius 2 is 1.74 bits per heavy atom. The number of carbonyl (C=O) groups is 4. The summed E-state index contributed by atoms with van der Waals surface area (Å²) in [5, 5.41) is 6.05. The number of hydrogen-bond donors (Lipinski definition) is 3. The van der Waals surface area contributed by atoms with Crippen molar-refractivity contribution in [3.8, 4) is 22.4 Å². The van der Waals surface area contributed by atoms with Crippen LogP contribution < -0.4 is 15.5 Å². The maximum Gasteiger partial charge on any atom is 0.407 e. The van der Waals surface area contributed by atoms with Crippen LogP contribution in [-0.4, -0.2) is 93.9 Å². The minimum absolute atomic E-state index is 0.107. The Bertz CT molecular complexity index is 2190. The smallest absolute Gasteiger partial charge is 0.407 e. The van der Waals surface area contributed by atoms with Crippen molar-refractivity contribution >= 4 is 46.9 Å². The molecule has 2 saturated heterocycles. The first-order valence-electron chi connectivity index (χ1n) is 20.1. The van der Waals surface area contributed by atoms with E-state index < -0.39 is 12.1 Å². The van der Waals surface area contributed by atoms with Crippen LogP contribution in [-0.2, 0) is 14.3 Å². The zero-order valence-electron chi connectivity index (χ0n) is 34.3. The van der Waals surface area contributed by atoms with Crippen molar-refractivity contribution in [2.24, 2.45) is 17.3 Å². The number of alkyl carbamates (subject to hydrolysis) is 1. The summed E-state index contributed by atoms with van der Waals surface area (Å²) in [6, 6.07) is 14.5. The fourth-order valence-corrected chi connectivity index (χ4v) is 8.46. The van der Waals surface area contributed by atoms with Gasteiger partial charge in [-0.15, -0.1) is 0 Å². The number of rotatable bonds is 10. The van der Waals surface area contributed by atoms with Crippen molar-refractivity contribution in [3.05, 3.63) is 82.9 Å². The predicted molar refractivity (Wildman–Crippen MR) is 225 cm³/mol. The maximum absolute atomic E-state index is 13.6. The molecule has 0 unspecified atom stereocenters. The van der Waals surface area contributed by atoms with Crippen LogP contribution in [0.25, 0.3) is 22.4 Å². The number of ether oxygens (including phenoxy) is 1. The third kappa shape index (κ3) is 8.41. The van der Waals surface area contributed by atoms with Gasteiger partial charge in [-0.25, -0.2) is 14.8 Å². The SMILES string of the molecule is COC(=O)N[C@H](C(=O)N1CCC[C@H]1c1nc(-c2ccc(-c3cc(Cl)c(NC(=O)c4ccc(N5CCN(C(=O)[C@H]6CC6(C)C)C[C@H]5C)nc4)cc3C)cc2)c[nH]1)C(C)C. The molecular weight excluding hydrogens is 756 g/mol. The molecule has 7 rings (SSSR count). The molecule has 4 atom stereocenters. The number of halogens is 1. The zero-order chi connectivity index (χ0) is 41.5. The minimum Gasteiger partial charge on any atom is -0.453 e. The van der Waals surface area contributed by atoms with E-state index in [1.165, 1.54) is 7.11 Å². The summed E-state index contributed by atoms with van der Waals surface area (Å²) in [5.41, 5.74) is 5.52. The quantitative estimate of drug-likeness (QED) is 0.149. The molecule has 0 spiro atoms. The third-order valence-corrected chi connectivity index (χ3v) is 12.3. The summed E-state index contributed by atoms with van der Waals surface area (Å²) >= 11 is 6.76. The molecule has 4 heterocycles. The number of benzene rings is 2. The van der Waals surface area contributed by atoms with Gasteiger partial charge >= 0.3 is 6.09 Å². The maximum atomic E-state index is 13.6. The Kier molecular flexibility index (Phi) is 11.6. The number of pyridine rings is 1. The minimum atomic E-state index is -0.700. The van der Waals surface area contributed by atoms with Crippen molar-refractivity contribution in [2.45, 2.75) is 78.9 Å². The number of carbonyl (C=O) groups excluding carboxylic acids is 4. The van der Waals surface area contributed by atoms with Crippen molar-refractivity contribution in [1.29, 1.82) is 0 Å². The average Bonchev–Trinajstić information content (AvgIpc) is 3.55. The number of methoxy groups -OCH3 is 1. The second kappa shape index (κ2) is 16.4. The van der Waals surface area contributed by atoms with Gasteiger partial charge < -0.3 is 35.1 Å². The number of aryl methyl sites for hydroxylation is 1. The lowest BCUT2D eigenvalue weighted by Crippen LogP contribution is -2.54. The van der Waals surface area contributed by atoms with E-state index in [9.17, 15) is 19.2 Å². The molecule has 4 aromatic rings. The summed E-state index contributed by atoms with van der Waals surface area (Å²) in [5.74, 6) is 1.29. The molecule has 58 heavy (non-hydrogen) atoms. The molecule has 4 amide bonds. The van der Waals surface area contributed by atoms with E-state index in [0.717, 1.165) is 53.0 Å². The average molecular weight is 809 g/mol. The number of likely N-dealkylation sites (tertiary alicyclic amines) is 1. The number of aromatic nitrogens is 3. The lowest BCUT2D eigenvalue weighted by molar-refractivity contribution is -0.135. The molecule has 3 aliphatic rings. The molecule has 3 N–H and O–H groups in total. The number of imidazole rings is 1. The van der Waals surface area contributed by atoms with Crippen LogP contribution in [0.5, 0.6) is 0 Å². The number of piperazine rings is 1. The monoisotopic (exact) mass is 808 g/mol. The first-order chi connectivity index (χ1) is 27.6. The van der Waals surface area contributed by atoms with Gasteiger partial charge in [0.1, 0.15) is 17.7 Å². The highest BCUT2D eigenvalue weighted by Gasteiger charge is 2.52. The van der Waals surface area contributed by atoms with E-state index in [1.807, 2.05) is 74.3 Å². The van der Waals surface area contributed by atoms with Gasteiger partial charge in [-0.1, -0.05) is 63.6 Å². The Hall–Kier alpha value is -5.43. The second-order valence-corrected chi connectivity index (χ2v) is 17.3. The third-order valence-electron chi connectivity index (χ3n) is 11.9. The van der Waals surface area contributed by atoms with Gasteiger partial charge in [-0.3, -0.25) is 14.4 Å². The number of nitrogens with one attached hydrogen (secondary N) is 3. The van der Waals surface area contributed by atoms with Crippen LogP contribution in [0.1, 0.15) is 81.7 Å². The summed E-state index contributed by atoms with van der Waals surface area (Å²) in [7, 11) is 1.28. The van der Waals surface area contributed by atoms with Gasteiger partial charge in [-0.2, -0.15) is 0 Å². The van der Waals surface area contributed by atoms with Crippen molar-refractivity contribution in [2.75, 3.05) is 43.5 Å². The number of hydrogen-bond acceptors (Lipinski definition) is 8. The Labute approximate surface area is 344 Å². The Morgan fingerprint density at radius 3 is 2.38 bits per heavy atom. The van der Waals surface area contributed by atoms with E-state index in [2.05, 4.69) is 46.3 Å². The molecule has 0 radical (unpaired) electrons. The van der Waals surface area contributed by atoms with Crippen molar-refractivity contribution in [1.82, 2.24) is 30.1 Å². The normalized spacial score (nSPS) is 20.5. The van der Waals surface area contributed by atoms with Crippen molar-refractivity contribution in [3.63, 3.8) is 0 Å². The van der Waals surface area contributed by atoms with Gasteiger partial charge in [0.2, 0.25) is 11.8 Å². The van der Waals surface area contributed by atoms with Gasteiger partial charge in [0.15, 0.2) is 0 Å². The first-order valence-corrected chi connectivity index (χ1v) is 20.5. The molecule has 14 heteroatoms. The molecule has 2 aromatic heterocycles. The topological polar surface area (TPSA) is 153 Å². The van der Waals surface area contributed by atoms with Gasteiger partial charge in [-0.05, 0) is 85.4 Å². The largest absolute Gasteiger partial charge is 0.453 e. The van der Waals surface area contributed by atoms with E-state index in [-0.39, 0.29) is 47.1 Å². The molecule has 3 fully saturated rings. The van der Waals surface area contributed by atoms with Gasteiger partial charge in [0.05, 0.1) is 35.1 Å². The summed E-state index contributed by atoms with van der Waals surface area (Å²) in [4.78, 5) is 70.6. The van der Waals surface area contributed by atoms with Crippen LogP contribution >= 0.6 is 11.6 Å². The number of amides is 4. The fourth-order valence-electron chi connectivity index (χ4n) is 8.25. The highest BCUT2D eigenvalue weighted by Crippen LogP contribution is 2.52. The molecular formula is C44H53ClN8O5. The number of nitrogens with zero attached hydrogens (tertiary/aromatic N) is 5. The number of anilines is 2. The summed E-state index contributed by atoms with van der Waals surface area (Å²) in [6.07, 6.45) is 5.35. The van der Waals surface area contributed by atoms with Crippen LogP contribution in [0, 0.1) is 24.2 Å². The molecule has 2 aromatic carbocycles. The summed E-state index contributed by atoms with van der Waals surface area (Å²) < 4.78 is 4.75. The van der Waals surface area contributed by atoms with Gasteiger partial charge in [0.25, 0.3) is 5.91 Å². The van der Waals surface area contributed by atoms with E-state index in [1.54, 1.807) is 17.2 Å². The molecule has 13 nitrogen and oxygen atoms in total. The first kappa shape index (κ1) is 40.8. The molecule has 306 valence electrons. The van der Waals surface area contributed by atoms with E-state index >= 15 is 0 Å². The highest BCUT2D eigenvalue weighted by atomic mass is 35.5. The second-order valence-electron chi connectivity index (χ2n) is 16.9.